The lowest BCUT2D eigenvalue weighted by molar-refractivity contribution is 0.0696. The van der Waals surface area contributed by atoms with Crippen molar-refractivity contribution in [1.82, 2.24) is 15.2 Å². The first-order chi connectivity index (χ1) is 8.97. The molecule has 7 heteroatoms. The Morgan fingerprint density at radius 2 is 2.00 bits per heavy atom. The van der Waals surface area contributed by atoms with Crippen molar-refractivity contribution in [3.63, 3.8) is 0 Å². The lowest BCUT2D eigenvalue weighted by Gasteiger charge is -2.04. The molecule has 1 heterocycles. The van der Waals surface area contributed by atoms with Gasteiger partial charge in [-0.3, -0.25) is 0 Å². The number of carboxylic acid groups (broad SMARTS) is 1. The second-order valence-corrected chi connectivity index (χ2v) is 4.83. The molecular formula is C12H10FN3O2S. The molecule has 0 spiro atoms. The first kappa shape index (κ1) is 13.4. The number of aromatic carboxylic acids is 1. The average molecular weight is 279 g/mol. The van der Waals surface area contributed by atoms with E-state index in [9.17, 15) is 9.18 Å². The predicted molar refractivity (Wildman–Crippen MR) is 66.8 cm³/mol. The zero-order chi connectivity index (χ0) is 14.0. The van der Waals surface area contributed by atoms with Crippen molar-refractivity contribution in [2.24, 2.45) is 0 Å². The fraction of sp³-hybridized carbons (Fsp3) is 0.167. The average Bonchev–Trinajstić information content (AvgIpc) is 2.36. The minimum absolute atomic E-state index is 0.0145. The van der Waals surface area contributed by atoms with Gasteiger partial charge in [-0.15, -0.1) is 5.10 Å². The molecule has 0 radical (unpaired) electrons. The summed E-state index contributed by atoms with van der Waals surface area (Å²) in [7, 11) is 0. The summed E-state index contributed by atoms with van der Waals surface area (Å²) in [4.78, 5) is 15.2. The van der Waals surface area contributed by atoms with Crippen molar-refractivity contribution in [2.75, 3.05) is 0 Å². The fourth-order valence-electron chi connectivity index (χ4n) is 1.29. The van der Waals surface area contributed by atoms with Crippen LogP contribution >= 0.6 is 11.8 Å². The van der Waals surface area contributed by atoms with Crippen LogP contribution in [0.15, 0.2) is 28.3 Å². The molecule has 1 aromatic carbocycles. The molecule has 98 valence electrons. The molecule has 0 atom stereocenters. The van der Waals surface area contributed by atoms with E-state index in [1.165, 1.54) is 12.1 Å². The Kier molecular flexibility index (Phi) is 3.75. The van der Waals surface area contributed by atoms with Crippen LogP contribution in [0.25, 0.3) is 0 Å². The van der Waals surface area contributed by atoms with Gasteiger partial charge < -0.3 is 5.11 Å². The minimum Gasteiger partial charge on any atom is -0.478 e. The van der Waals surface area contributed by atoms with Crippen molar-refractivity contribution in [1.29, 1.82) is 0 Å². The summed E-state index contributed by atoms with van der Waals surface area (Å²) in [5.41, 5.74) is 1.41. The Labute approximate surface area is 112 Å². The van der Waals surface area contributed by atoms with Crippen molar-refractivity contribution in [2.45, 2.75) is 23.9 Å². The van der Waals surface area contributed by atoms with Crippen LogP contribution in [0.3, 0.4) is 0 Å². The summed E-state index contributed by atoms with van der Waals surface area (Å²) in [6.07, 6.45) is 0. The summed E-state index contributed by atoms with van der Waals surface area (Å²) in [5.74, 6) is -1.63. The smallest absolute Gasteiger partial charge is 0.335 e. The summed E-state index contributed by atoms with van der Waals surface area (Å²) in [6, 6.07) is 3.57. The summed E-state index contributed by atoms with van der Waals surface area (Å²) < 4.78 is 13.6. The molecule has 2 aromatic rings. The van der Waals surface area contributed by atoms with Gasteiger partial charge in [0.2, 0.25) is 5.16 Å². The third-order valence-electron chi connectivity index (χ3n) is 2.45. The molecule has 1 aromatic heterocycles. The maximum Gasteiger partial charge on any atom is 0.335 e. The molecule has 2 rings (SSSR count). The van der Waals surface area contributed by atoms with Crippen LogP contribution in [0.2, 0.25) is 0 Å². The molecule has 5 nitrogen and oxygen atoms in total. The summed E-state index contributed by atoms with van der Waals surface area (Å²) in [5, 5.41) is 16.9. The normalized spacial score (nSPS) is 10.5. The van der Waals surface area contributed by atoms with Gasteiger partial charge in [0.15, 0.2) is 0 Å². The number of nitrogens with zero attached hydrogens (tertiary/aromatic N) is 3. The number of carbonyl (C=O) groups is 1. The fourth-order valence-corrected chi connectivity index (χ4v) is 2.11. The number of hydrogen-bond acceptors (Lipinski definition) is 5. The van der Waals surface area contributed by atoms with Gasteiger partial charge in [0.25, 0.3) is 0 Å². The highest BCUT2D eigenvalue weighted by atomic mass is 32.2. The van der Waals surface area contributed by atoms with E-state index in [2.05, 4.69) is 15.2 Å². The number of aromatic nitrogens is 3. The second-order valence-electron chi connectivity index (χ2n) is 3.82. The van der Waals surface area contributed by atoms with Crippen LogP contribution < -0.4 is 0 Å². The topological polar surface area (TPSA) is 76.0 Å². The Morgan fingerprint density at radius 1 is 1.26 bits per heavy atom. The van der Waals surface area contributed by atoms with Gasteiger partial charge in [-0.1, -0.05) is 0 Å². The standard InChI is InChI=1S/C12H10FN3O2S/c1-6-7(2)15-16-12(14-6)19-10-5-8(11(17)18)3-4-9(10)13/h3-5H,1-2H3,(H,17,18). The van der Waals surface area contributed by atoms with Gasteiger partial charge >= 0.3 is 5.97 Å². The molecule has 0 amide bonds. The van der Waals surface area contributed by atoms with E-state index < -0.39 is 11.8 Å². The molecule has 0 unspecified atom stereocenters. The first-order valence-electron chi connectivity index (χ1n) is 5.36. The van der Waals surface area contributed by atoms with Crippen LogP contribution in [0, 0.1) is 19.7 Å². The van der Waals surface area contributed by atoms with Crippen LogP contribution in [0.4, 0.5) is 4.39 Å². The van der Waals surface area contributed by atoms with E-state index in [4.69, 9.17) is 5.11 Å². The quantitative estimate of drug-likeness (QED) is 0.930. The summed E-state index contributed by atoms with van der Waals surface area (Å²) >= 11 is 0.946. The molecule has 0 saturated heterocycles. The van der Waals surface area contributed by atoms with E-state index in [1.807, 2.05) is 0 Å². The highest BCUT2D eigenvalue weighted by molar-refractivity contribution is 7.99. The molecule has 19 heavy (non-hydrogen) atoms. The number of halogens is 1. The largest absolute Gasteiger partial charge is 0.478 e. The Balaban J connectivity index is 2.34. The molecule has 0 aliphatic rings. The van der Waals surface area contributed by atoms with E-state index in [0.717, 1.165) is 17.8 Å². The molecule has 0 fully saturated rings. The second kappa shape index (κ2) is 5.31. The van der Waals surface area contributed by atoms with E-state index >= 15 is 0 Å². The maximum atomic E-state index is 13.6. The van der Waals surface area contributed by atoms with Crippen molar-refractivity contribution >= 4 is 17.7 Å². The number of aryl methyl sites for hydroxylation is 2. The maximum absolute atomic E-state index is 13.6. The molecule has 1 N–H and O–H groups in total. The Hall–Kier alpha value is -2.02. The molecular weight excluding hydrogens is 269 g/mol. The van der Waals surface area contributed by atoms with Gasteiger partial charge in [0, 0.05) is 0 Å². The zero-order valence-corrected chi connectivity index (χ0v) is 11.0. The number of hydrogen-bond donors (Lipinski definition) is 1. The van der Waals surface area contributed by atoms with Crippen LogP contribution in [-0.4, -0.2) is 26.3 Å². The first-order valence-corrected chi connectivity index (χ1v) is 6.17. The molecule has 0 saturated carbocycles. The van der Waals surface area contributed by atoms with Crippen LogP contribution in [0.5, 0.6) is 0 Å². The highest BCUT2D eigenvalue weighted by Crippen LogP contribution is 2.28. The van der Waals surface area contributed by atoms with E-state index in [1.54, 1.807) is 13.8 Å². The molecule has 0 bridgehead atoms. The third-order valence-corrected chi connectivity index (χ3v) is 3.34. The van der Waals surface area contributed by atoms with Crippen molar-refractivity contribution in [3.05, 3.63) is 41.0 Å². The Bertz CT molecular complexity index is 649. The van der Waals surface area contributed by atoms with Gasteiger partial charge in [-0.2, -0.15) is 5.10 Å². The van der Waals surface area contributed by atoms with Gasteiger partial charge in [-0.05, 0) is 43.8 Å². The Morgan fingerprint density at radius 3 is 2.63 bits per heavy atom. The lowest BCUT2D eigenvalue weighted by Crippen LogP contribution is -1.99. The van der Waals surface area contributed by atoms with Gasteiger partial charge in [-0.25, -0.2) is 14.2 Å². The minimum atomic E-state index is -1.11. The van der Waals surface area contributed by atoms with Gasteiger partial charge in [0.05, 0.1) is 21.8 Å². The third kappa shape index (κ3) is 3.05. The van der Waals surface area contributed by atoms with Crippen LogP contribution in [-0.2, 0) is 0 Å². The van der Waals surface area contributed by atoms with Gasteiger partial charge in [0.1, 0.15) is 5.82 Å². The summed E-state index contributed by atoms with van der Waals surface area (Å²) in [6.45, 7) is 3.55. The number of rotatable bonds is 3. The number of benzene rings is 1. The van der Waals surface area contributed by atoms with E-state index in [0.29, 0.717) is 11.4 Å². The zero-order valence-electron chi connectivity index (χ0n) is 10.2. The van der Waals surface area contributed by atoms with Crippen molar-refractivity contribution < 1.29 is 14.3 Å². The monoisotopic (exact) mass is 279 g/mol. The van der Waals surface area contributed by atoms with Crippen LogP contribution in [0.1, 0.15) is 21.7 Å². The SMILES string of the molecule is Cc1nnc(Sc2cc(C(=O)O)ccc2F)nc1C. The lowest BCUT2D eigenvalue weighted by atomic mass is 10.2. The number of carboxylic acids is 1. The molecule has 0 aliphatic heterocycles. The molecule has 0 aliphatic carbocycles. The predicted octanol–water partition coefficient (Wildman–Crippen LogP) is 2.48. The van der Waals surface area contributed by atoms with Crippen molar-refractivity contribution in [3.8, 4) is 0 Å². The highest BCUT2D eigenvalue weighted by Gasteiger charge is 2.12. The van der Waals surface area contributed by atoms with E-state index in [-0.39, 0.29) is 15.6 Å².